The molecule has 1 aromatic heterocycles. The molecule has 4 rings (SSSR count). The van der Waals surface area contributed by atoms with Gasteiger partial charge in [0.15, 0.2) is 11.5 Å². The number of aromatic nitrogens is 2. The van der Waals surface area contributed by atoms with Crippen LogP contribution in [0.15, 0.2) is 30.6 Å². The second-order valence-corrected chi connectivity index (χ2v) is 6.88. The molecule has 2 unspecified atom stereocenters. The zero-order valence-electron chi connectivity index (χ0n) is 15.0. The second-order valence-electron chi connectivity index (χ2n) is 6.88. The van der Waals surface area contributed by atoms with E-state index in [-0.39, 0.29) is 25.2 Å². The van der Waals surface area contributed by atoms with E-state index in [1.807, 2.05) is 29.8 Å². The fraction of sp³-hybridized carbons (Fsp3) is 0.421. The molecule has 8 nitrogen and oxygen atoms in total. The van der Waals surface area contributed by atoms with Gasteiger partial charge in [0.05, 0.1) is 5.92 Å². The standard InChI is InChI=1S/C19H21N3O5/c1-12-20-5-7-21(12)6-4-18(23)22-9-14(15(10-22)19(24)25)13-2-3-16-17(8-13)27-11-26-16/h2-3,5,7-8,14-15H,4,6,9-11H2,1H3,(H,24,25). The SMILES string of the molecule is Cc1nccn1CCC(=O)N1CC(C(=O)O)C(c2ccc3c(c2)OCO3)C1. The smallest absolute Gasteiger partial charge is 0.308 e. The highest BCUT2D eigenvalue weighted by atomic mass is 16.7. The first-order chi connectivity index (χ1) is 13.0. The number of carbonyl (C=O) groups excluding carboxylic acids is 1. The molecule has 0 aliphatic carbocycles. The van der Waals surface area contributed by atoms with Gasteiger partial charge in [-0.15, -0.1) is 0 Å². The average molecular weight is 371 g/mol. The summed E-state index contributed by atoms with van der Waals surface area (Å²) in [7, 11) is 0. The lowest BCUT2D eigenvalue weighted by molar-refractivity contribution is -0.141. The number of aliphatic carboxylic acids is 1. The quantitative estimate of drug-likeness (QED) is 0.859. The molecule has 0 bridgehead atoms. The molecule has 0 spiro atoms. The Morgan fingerprint density at radius 1 is 1.26 bits per heavy atom. The van der Waals surface area contributed by atoms with Gasteiger partial charge in [-0.1, -0.05) is 6.07 Å². The summed E-state index contributed by atoms with van der Waals surface area (Å²) in [6.45, 7) is 3.20. The van der Waals surface area contributed by atoms with Crippen LogP contribution in [0.1, 0.15) is 23.7 Å². The number of hydrogen-bond acceptors (Lipinski definition) is 5. The van der Waals surface area contributed by atoms with Gasteiger partial charge in [0.1, 0.15) is 5.82 Å². The number of ether oxygens (including phenoxy) is 2. The van der Waals surface area contributed by atoms with E-state index in [0.29, 0.717) is 31.0 Å². The Morgan fingerprint density at radius 3 is 2.81 bits per heavy atom. The van der Waals surface area contributed by atoms with Crippen LogP contribution in [0.3, 0.4) is 0 Å². The number of carboxylic acids is 1. The molecule has 142 valence electrons. The van der Waals surface area contributed by atoms with Crippen LogP contribution < -0.4 is 9.47 Å². The highest BCUT2D eigenvalue weighted by Gasteiger charge is 2.40. The first-order valence-corrected chi connectivity index (χ1v) is 8.91. The lowest BCUT2D eigenvalue weighted by atomic mass is 9.89. The van der Waals surface area contributed by atoms with E-state index in [9.17, 15) is 14.7 Å². The predicted molar refractivity (Wildman–Crippen MR) is 94.6 cm³/mol. The summed E-state index contributed by atoms with van der Waals surface area (Å²) in [6.07, 6.45) is 3.85. The topological polar surface area (TPSA) is 93.9 Å². The minimum Gasteiger partial charge on any atom is -0.481 e. The summed E-state index contributed by atoms with van der Waals surface area (Å²) in [5.41, 5.74) is 0.854. The normalized spacial score (nSPS) is 20.9. The third-order valence-corrected chi connectivity index (χ3v) is 5.30. The summed E-state index contributed by atoms with van der Waals surface area (Å²) >= 11 is 0. The van der Waals surface area contributed by atoms with Gasteiger partial charge in [-0.05, 0) is 24.6 Å². The third-order valence-electron chi connectivity index (χ3n) is 5.30. The van der Waals surface area contributed by atoms with Crippen molar-refractivity contribution >= 4 is 11.9 Å². The Hall–Kier alpha value is -3.03. The van der Waals surface area contributed by atoms with Crippen molar-refractivity contribution in [1.29, 1.82) is 0 Å². The molecule has 1 amide bonds. The van der Waals surface area contributed by atoms with E-state index in [1.165, 1.54) is 0 Å². The number of imidazole rings is 1. The monoisotopic (exact) mass is 371 g/mol. The van der Waals surface area contributed by atoms with Gasteiger partial charge in [-0.25, -0.2) is 4.98 Å². The fourth-order valence-corrected chi connectivity index (χ4v) is 3.75. The van der Waals surface area contributed by atoms with Gasteiger partial charge in [0.2, 0.25) is 12.7 Å². The van der Waals surface area contributed by atoms with Crippen molar-refractivity contribution < 1.29 is 24.2 Å². The Morgan fingerprint density at radius 2 is 2.07 bits per heavy atom. The molecule has 1 fully saturated rings. The van der Waals surface area contributed by atoms with Gasteiger partial charge in [0.25, 0.3) is 0 Å². The first-order valence-electron chi connectivity index (χ1n) is 8.91. The molecular formula is C19H21N3O5. The van der Waals surface area contributed by atoms with Crippen LogP contribution >= 0.6 is 0 Å². The molecule has 27 heavy (non-hydrogen) atoms. The van der Waals surface area contributed by atoms with Gasteiger partial charge in [0, 0.05) is 44.4 Å². The van der Waals surface area contributed by atoms with E-state index in [4.69, 9.17) is 9.47 Å². The van der Waals surface area contributed by atoms with Crippen LogP contribution in [0, 0.1) is 12.8 Å². The summed E-state index contributed by atoms with van der Waals surface area (Å²) in [4.78, 5) is 30.2. The van der Waals surface area contributed by atoms with Crippen molar-refractivity contribution in [3.05, 3.63) is 42.0 Å². The van der Waals surface area contributed by atoms with Crippen molar-refractivity contribution in [2.45, 2.75) is 25.8 Å². The highest BCUT2D eigenvalue weighted by Crippen LogP contribution is 2.39. The van der Waals surface area contributed by atoms with Crippen molar-refractivity contribution in [1.82, 2.24) is 14.5 Å². The minimum absolute atomic E-state index is 0.0439. The van der Waals surface area contributed by atoms with E-state index in [2.05, 4.69) is 4.98 Å². The third kappa shape index (κ3) is 3.34. The number of aryl methyl sites for hydroxylation is 2. The molecule has 2 aliphatic heterocycles. The molecule has 1 saturated heterocycles. The number of hydrogen-bond donors (Lipinski definition) is 1. The van der Waals surface area contributed by atoms with Gasteiger partial charge >= 0.3 is 5.97 Å². The number of benzene rings is 1. The van der Waals surface area contributed by atoms with Crippen molar-refractivity contribution in [2.75, 3.05) is 19.9 Å². The Balaban J connectivity index is 1.47. The van der Waals surface area contributed by atoms with Crippen molar-refractivity contribution in [3.8, 4) is 11.5 Å². The van der Waals surface area contributed by atoms with Gasteiger partial charge in [-0.3, -0.25) is 9.59 Å². The molecule has 8 heteroatoms. The van der Waals surface area contributed by atoms with Crippen LogP contribution in [0.5, 0.6) is 11.5 Å². The van der Waals surface area contributed by atoms with Gasteiger partial charge in [-0.2, -0.15) is 0 Å². The number of rotatable bonds is 5. The van der Waals surface area contributed by atoms with Crippen LogP contribution in [-0.4, -0.2) is 51.3 Å². The van der Waals surface area contributed by atoms with E-state index < -0.39 is 11.9 Å². The summed E-state index contributed by atoms with van der Waals surface area (Å²) in [5.74, 6) is 0.298. The summed E-state index contributed by atoms with van der Waals surface area (Å²) in [5, 5.41) is 9.65. The number of carboxylic acid groups (broad SMARTS) is 1. The van der Waals surface area contributed by atoms with Crippen LogP contribution in [-0.2, 0) is 16.1 Å². The Bertz CT molecular complexity index is 878. The Kier molecular flexibility index (Phi) is 4.47. The zero-order chi connectivity index (χ0) is 19.0. The molecule has 3 heterocycles. The van der Waals surface area contributed by atoms with E-state index in [0.717, 1.165) is 11.4 Å². The van der Waals surface area contributed by atoms with Crippen LogP contribution in [0.2, 0.25) is 0 Å². The largest absolute Gasteiger partial charge is 0.481 e. The number of nitrogens with zero attached hydrogens (tertiary/aromatic N) is 3. The zero-order valence-corrected chi connectivity index (χ0v) is 15.0. The minimum atomic E-state index is -0.890. The van der Waals surface area contributed by atoms with E-state index >= 15 is 0 Å². The molecule has 1 N–H and O–H groups in total. The Labute approximate surface area is 156 Å². The summed E-state index contributed by atoms with van der Waals surface area (Å²) < 4.78 is 12.6. The molecule has 1 aromatic carbocycles. The van der Waals surface area contributed by atoms with Crippen molar-refractivity contribution in [3.63, 3.8) is 0 Å². The van der Waals surface area contributed by atoms with Crippen molar-refractivity contribution in [2.24, 2.45) is 5.92 Å². The number of likely N-dealkylation sites (tertiary alicyclic amines) is 1. The molecular weight excluding hydrogens is 350 g/mol. The second kappa shape index (κ2) is 6.94. The maximum absolute atomic E-state index is 12.6. The predicted octanol–water partition coefficient (Wildman–Crippen LogP) is 1.64. The number of fused-ring (bicyclic) bond motifs is 1. The molecule has 2 aromatic rings. The molecule has 0 radical (unpaired) electrons. The van der Waals surface area contributed by atoms with E-state index in [1.54, 1.807) is 17.2 Å². The van der Waals surface area contributed by atoms with Gasteiger partial charge < -0.3 is 24.0 Å². The highest BCUT2D eigenvalue weighted by molar-refractivity contribution is 5.79. The molecule has 2 aliphatic rings. The maximum Gasteiger partial charge on any atom is 0.308 e. The maximum atomic E-state index is 12.6. The lowest BCUT2D eigenvalue weighted by Crippen LogP contribution is -2.30. The number of carbonyl (C=O) groups is 2. The first kappa shape index (κ1) is 17.4. The molecule has 2 atom stereocenters. The fourth-order valence-electron chi connectivity index (χ4n) is 3.75. The average Bonchev–Trinajstić information content (AvgIpc) is 3.38. The van der Waals surface area contributed by atoms with Crippen LogP contribution in [0.25, 0.3) is 0 Å². The number of amides is 1. The molecule has 0 saturated carbocycles. The van der Waals surface area contributed by atoms with Crippen LogP contribution in [0.4, 0.5) is 0 Å². The lowest BCUT2D eigenvalue weighted by Gasteiger charge is -2.17. The summed E-state index contributed by atoms with van der Waals surface area (Å²) in [6, 6.07) is 5.48.